The highest BCUT2D eigenvalue weighted by molar-refractivity contribution is 7.98. The van der Waals surface area contributed by atoms with E-state index >= 15 is 0 Å². The molecule has 10 nitrogen and oxygen atoms in total. The molecule has 0 spiro atoms. The zero-order chi connectivity index (χ0) is 22.7. The Hall–Kier alpha value is -1.85. The van der Waals surface area contributed by atoms with Gasteiger partial charge < -0.3 is 31.9 Å². The molecular formula is C18H34N4O6S. The molecule has 0 aliphatic heterocycles. The van der Waals surface area contributed by atoms with Crippen LogP contribution in [0.1, 0.15) is 34.1 Å². The summed E-state index contributed by atoms with van der Waals surface area (Å²) in [6.07, 6.45) is 2.07. The van der Waals surface area contributed by atoms with E-state index in [1.54, 1.807) is 27.7 Å². The molecule has 0 aromatic rings. The Labute approximate surface area is 175 Å². The molecule has 29 heavy (non-hydrogen) atoms. The van der Waals surface area contributed by atoms with Crippen molar-refractivity contribution in [2.75, 3.05) is 18.6 Å². The summed E-state index contributed by atoms with van der Waals surface area (Å²) < 4.78 is 0. The molecule has 0 saturated heterocycles. The number of carbonyl (C=O) groups excluding carboxylic acids is 3. The number of aliphatic hydroxyl groups excluding tert-OH is 1. The number of aliphatic carboxylic acids is 1. The molecule has 0 aromatic carbocycles. The minimum Gasteiger partial charge on any atom is -0.480 e. The number of rotatable bonds is 13. The lowest BCUT2D eigenvalue weighted by atomic mass is 10.0. The van der Waals surface area contributed by atoms with E-state index in [0.29, 0.717) is 5.75 Å². The molecule has 168 valence electrons. The van der Waals surface area contributed by atoms with Crippen LogP contribution in [0, 0.1) is 11.8 Å². The molecule has 0 fully saturated rings. The van der Waals surface area contributed by atoms with Crippen LogP contribution in [0.4, 0.5) is 0 Å². The largest absolute Gasteiger partial charge is 0.480 e. The van der Waals surface area contributed by atoms with Gasteiger partial charge in [-0.25, -0.2) is 4.79 Å². The fourth-order valence-corrected chi connectivity index (χ4v) is 2.78. The maximum absolute atomic E-state index is 12.6. The van der Waals surface area contributed by atoms with Gasteiger partial charge >= 0.3 is 5.97 Å². The van der Waals surface area contributed by atoms with Crippen LogP contribution in [-0.4, -0.2) is 76.7 Å². The number of nitrogens with one attached hydrogen (secondary N) is 3. The van der Waals surface area contributed by atoms with E-state index in [0.717, 1.165) is 0 Å². The first-order chi connectivity index (χ1) is 13.5. The van der Waals surface area contributed by atoms with Crippen LogP contribution in [0.5, 0.6) is 0 Å². The molecule has 0 heterocycles. The summed E-state index contributed by atoms with van der Waals surface area (Å²) in [6, 6.07) is -4.25. The van der Waals surface area contributed by atoms with E-state index in [9.17, 15) is 29.4 Å². The van der Waals surface area contributed by atoms with Gasteiger partial charge in [0.25, 0.3) is 0 Å². The van der Waals surface area contributed by atoms with Crippen LogP contribution >= 0.6 is 11.8 Å². The minimum absolute atomic E-state index is 0.166. The van der Waals surface area contributed by atoms with Crippen LogP contribution in [0.2, 0.25) is 0 Å². The van der Waals surface area contributed by atoms with Gasteiger partial charge in [0, 0.05) is 0 Å². The molecule has 11 heteroatoms. The molecule has 0 aromatic heterocycles. The summed E-state index contributed by atoms with van der Waals surface area (Å²) in [6.45, 7) is 6.17. The number of hydrogen-bond acceptors (Lipinski definition) is 7. The van der Waals surface area contributed by atoms with E-state index in [1.807, 2.05) is 6.26 Å². The topological polar surface area (TPSA) is 171 Å². The van der Waals surface area contributed by atoms with Gasteiger partial charge in [-0.2, -0.15) is 11.8 Å². The van der Waals surface area contributed by atoms with Gasteiger partial charge in [0.15, 0.2) is 0 Å². The lowest BCUT2D eigenvalue weighted by Crippen LogP contribution is -2.59. The predicted octanol–water partition coefficient (Wildman–Crippen LogP) is -1.09. The average molecular weight is 435 g/mol. The second-order valence-electron chi connectivity index (χ2n) is 7.42. The van der Waals surface area contributed by atoms with Gasteiger partial charge in [0.1, 0.15) is 18.1 Å². The lowest BCUT2D eigenvalue weighted by Gasteiger charge is -2.26. The van der Waals surface area contributed by atoms with Gasteiger partial charge in [0.05, 0.1) is 12.6 Å². The Morgan fingerprint density at radius 2 is 1.45 bits per heavy atom. The van der Waals surface area contributed by atoms with E-state index in [-0.39, 0.29) is 18.3 Å². The molecule has 3 amide bonds. The first kappa shape index (κ1) is 27.1. The number of carboxylic acids is 1. The Bertz CT molecular complexity index is 573. The van der Waals surface area contributed by atoms with E-state index in [1.165, 1.54) is 11.8 Å². The normalized spacial score (nSPS) is 15.3. The third kappa shape index (κ3) is 9.46. The number of aliphatic hydroxyl groups is 1. The summed E-state index contributed by atoms with van der Waals surface area (Å²) >= 11 is 1.45. The highest BCUT2D eigenvalue weighted by atomic mass is 32.2. The van der Waals surface area contributed by atoms with Gasteiger partial charge in [-0.3, -0.25) is 14.4 Å². The maximum atomic E-state index is 12.6. The first-order valence-electron chi connectivity index (χ1n) is 9.45. The van der Waals surface area contributed by atoms with Crippen molar-refractivity contribution in [3.05, 3.63) is 0 Å². The van der Waals surface area contributed by atoms with Crippen molar-refractivity contribution < 1.29 is 29.4 Å². The average Bonchev–Trinajstić information content (AvgIpc) is 2.65. The number of nitrogens with two attached hydrogens (primary N) is 1. The number of thioether (sulfide) groups is 1. The van der Waals surface area contributed by atoms with Gasteiger partial charge in [-0.1, -0.05) is 27.7 Å². The third-order valence-corrected chi connectivity index (χ3v) is 4.95. The number of carbonyl (C=O) groups is 4. The second-order valence-corrected chi connectivity index (χ2v) is 8.41. The maximum Gasteiger partial charge on any atom is 0.326 e. The van der Waals surface area contributed by atoms with Crippen molar-refractivity contribution in [1.82, 2.24) is 16.0 Å². The van der Waals surface area contributed by atoms with Gasteiger partial charge in [-0.15, -0.1) is 0 Å². The fraction of sp³-hybridized carbons (Fsp3) is 0.778. The molecule has 0 bridgehead atoms. The zero-order valence-electron chi connectivity index (χ0n) is 17.6. The van der Waals surface area contributed by atoms with Crippen LogP contribution < -0.4 is 21.7 Å². The van der Waals surface area contributed by atoms with E-state index in [2.05, 4.69) is 16.0 Å². The Morgan fingerprint density at radius 3 is 1.86 bits per heavy atom. The van der Waals surface area contributed by atoms with Crippen molar-refractivity contribution in [1.29, 1.82) is 0 Å². The summed E-state index contributed by atoms with van der Waals surface area (Å²) in [7, 11) is 0. The summed E-state index contributed by atoms with van der Waals surface area (Å²) in [5.74, 6) is -3.15. The van der Waals surface area contributed by atoms with Crippen LogP contribution in [0.25, 0.3) is 0 Å². The quantitative estimate of drug-likeness (QED) is 0.212. The van der Waals surface area contributed by atoms with Crippen LogP contribution in [-0.2, 0) is 19.2 Å². The monoisotopic (exact) mass is 434 g/mol. The first-order valence-corrected chi connectivity index (χ1v) is 10.8. The number of hydrogen-bond donors (Lipinski definition) is 6. The molecular weight excluding hydrogens is 400 g/mol. The zero-order valence-corrected chi connectivity index (χ0v) is 18.4. The molecule has 4 unspecified atom stereocenters. The van der Waals surface area contributed by atoms with Crippen LogP contribution in [0.15, 0.2) is 0 Å². The van der Waals surface area contributed by atoms with Crippen molar-refractivity contribution in [3.8, 4) is 0 Å². The molecule has 0 saturated carbocycles. The smallest absolute Gasteiger partial charge is 0.326 e. The second kappa shape index (κ2) is 13.4. The molecule has 4 atom stereocenters. The third-order valence-electron chi connectivity index (χ3n) is 4.31. The van der Waals surface area contributed by atoms with Crippen molar-refractivity contribution in [3.63, 3.8) is 0 Å². The summed E-state index contributed by atoms with van der Waals surface area (Å²) in [4.78, 5) is 48.5. The molecule has 0 radical (unpaired) electrons. The number of amides is 3. The van der Waals surface area contributed by atoms with Crippen molar-refractivity contribution >= 4 is 35.5 Å². The number of carboxylic acid groups (broad SMARTS) is 1. The molecule has 0 aliphatic carbocycles. The van der Waals surface area contributed by atoms with E-state index in [4.69, 9.17) is 5.73 Å². The van der Waals surface area contributed by atoms with Crippen LogP contribution in [0.3, 0.4) is 0 Å². The molecule has 7 N–H and O–H groups in total. The summed E-state index contributed by atoms with van der Waals surface area (Å²) in [5.41, 5.74) is 5.74. The van der Waals surface area contributed by atoms with E-state index < -0.39 is 54.5 Å². The highest BCUT2D eigenvalue weighted by Crippen LogP contribution is 2.06. The minimum atomic E-state index is -1.28. The predicted molar refractivity (Wildman–Crippen MR) is 111 cm³/mol. The van der Waals surface area contributed by atoms with Crippen molar-refractivity contribution in [2.24, 2.45) is 17.6 Å². The Morgan fingerprint density at radius 1 is 0.897 bits per heavy atom. The summed E-state index contributed by atoms with van der Waals surface area (Å²) in [5, 5.41) is 26.0. The lowest BCUT2D eigenvalue weighted by molar-refractivity contribution is -0.142. The highest BCUT2D eigenvalue weighted by Gasteiger charge is 2.31. The SMILES string of the molecule is CSCCC(NC(=O)C(NC(=O)C(CO)NC(=O)C(N)C(C)C)C(C)C)C(=O)O. The Kier molecular flexibility index (Phi) is 12.5. The molecule has 0 aliphatic rings. The standard InChI is InChI=1S/C18H34N4O6S/c1-9(2)13(19)16(25)21-12(8-23)15(24)22-14(10(3)4)17(26)20-11(18(27)28)6-7-29-5/h9-14,23H,6-8,19H2,1-5H3,(H,20,26)(H,21,25)(H,22,24)(H,27,28). The Balaban J connectivity index is 5.15. The van der Waals surface area contributed by atoms with Gasteiger partial charge in [0.2, 0.25) is 17.7 Å². The van der Waals surface area contributed by atoms with Crippen molar-refractivity contribution in [2.45, 2.75) is 58.3 Å². The fourth-order valence-electron chi connectivity index (χ4n) is 2.31. The van der Waals surface area contributed by atoms with Gasteiger partial charge in [-0.05, 0) is 30.3 Å². The molecule has 0 rings (SSSR count).